The van der Waals surface area contributed by atoms with Crippen LogP contribution in [0.15, 0.2) is 49.1 Å². The van der Waals surface area contributed by atoms with Crippen LogP contribution in [0.1, 0.15) is 0 Å². The van der Waals surface area contributed by atoms with Crippen LogP contribution < -0.4 is 14.7 Å². The molecular weight excluding hydrogens is 451 g/mol. The molecule has 172 valence electrons. The summed E-state index contributed by atoms with van der Waals surface area (Å²) in [7, 11) is 0. The Bertz CT molecular complexity index is 1160. The van der Waals surface area contributed by atoms with E-state index in [9.17, 15) is 14.9 Å². The van der Waals surface area contributed by atoms with Gasteiger partial charge in [-0.25, -0.2) is 14.2 Å². The summed E-state index contributed by atoms with van der Waals surface area (Å²) in [5.74, 6) is -0.404. The van der Waals surface area contributed by atoms with Crippen molar-refractivity contribution in [1.82, 2.24) is 9.55 Å². The van der Waals surface area contributed by atoms with Crippen LogP contribution in [0.3, 0.4) is 0 Å². The molecule has 4 heterocycles. The van der Waals surface area contributed by atoms with Gasteiger partial charge in [0.15, 0.2) is 0 Å². The van der Waals surface area contributed by atoms with Gasteiger partial charge in [0.1, 0.15) is 11.9 Å². The average molecular weight is 473 g/mol. The molecule has 3 aromatic rings. The Morgan fingerprint density at radius 1 is 1.18 bits per heavy atom. The van der Waals surface area contributed by atoms with Crippen LogP contribution >= 0.6 is 11.3 Å². The van der Waals surface area contributed by atoms with E-state index in [1.54, 1.807) is 36.9 Å². The number of hydrogen-bond acceptors (Lipinski definition) is 8. The molecule has 0 unspecified atom stereocenters. The van der Waals surface area contributed by atoms with Gasteiger partial charge in [0.2, 0.25) is 0 Å². The second-order valence-electron chi connectivity index (χ2n) is 7.85. The molecule has 2 aliphatic heterocycles. The van der Waals surface area contributed by atoms with Crippen LogP contribution in [-0.2, 0) is 11.3 Å². The topological polar surface area (TPSA) is 97.0 Å². The number of nitro groups is 1. The van der Waals surface area contributed by atoms with E-state index < -0.39 is 16.8 Å². The van der Waals surface area contributed by atoms with Crippen molar-refractivity contribution in [3.63, 3.8) is 0 Å². The molecule has 2 aromatic heterocycles. The van der Waals surface area contributed by atoms with E-state index in [2.05, 4.69) is 9.88 Å². The fourth-order valence-electron chi connectivity index (χ4n) is 4.13. The highest BCUT2D eigenvalue weighted by molar-refractivity contribution is 7.19. The van der Waals surface area contributed by atoms with Crippen molar-refractivity contribution in [2.75, 3.05) is 47.4 Å². The summed E-state index contributed by atoms with van der Waals surface area (Å²) >= 11 is 1.14. The Morgan fingerprint density at radius 3 is 2.64 bits per heavy atom. The normalized spacial score (nSPS) is 18.6. The number of aromatic nitrogens is 2. The maximum atomic E-state index is 15.0. The summed E-state index contributed by atoms with van der Waals surface area (Å²) in [6.45, 7) is 3.25. The van der Waals surface area contributed by atoms with E-state index >= 15 is 4.39 Å². The lowest BCUT2D eigenvalue weighted by Gasteiger charge is -2.36. The molecule has 33 heavy (non-hydrogen) atoms. The van der Waals surface area contributed by atoms with Gasteiger partial charge in [-0.05, 0) is 35.6 Å². The molecule has 0 spiro atoms. The number of benzene rings is 1. The molecule has 12 heteroatoms. The highest BCUT2D eigenvalue weighted by Crippen LogP contribution is 2.33. The number of hydrogen-bond donors (Lipinski definition) is 0. The first-order chi connectivity index (χ1) is 16.0. The number of carbonyl (C=O) groups excluding carboxylic acids is 1. The number of ether oxygens (including phenoxy) is 1. The van der Waals surface area contributed by atoms with Gasteiger partial charge in [0.05, 0.1) is 40.7 Å². The molecule has 1 aromatic carbocycles. The molecule has 2 fully saturated rings. The molecule has 0 bridgehead atoms. The fourth-order valence-corrected chi connectivity index (χ4v) is 5.00. The van der Waals surface area contributed by atoms with Crippen molar-refractivity contribution in [3.8, 4) is 0 Å². The largest absolute Gasteiger partial charge is 0.442 e. The van der Waals surface area contributed by atoms with Crippen molar-refractivity contribution in [2.45, 2.75) is 12.6 Å². The Morgan fingerprint density at radius 2 is 1.97 bits per heavy atom. The van der Waals surface area contributed by atoms with Gasteiger partial charge in [-0.2, -0.15) is 0 Å². The Hall–Kier alpha value is -3.67. The Balaban J connectivity index is 1.22. The molecule has 0 aliphatic carbocycles. The van der Waals surface area contributed by atoms with Gasteiger partial charge < -0.3 is 19.1 Å². The third kappa shape index (κ3) is 4.33. The summed E-state index contributed by atoms with van der Waals surface area (Å²) in [6, 6.07) is 8.05. The number of nitrogens with zero attached hydrogens (tertiary/aromatic N) is 6. The molecule has 1 atom stereocenters. The van der Waals surface area contributed by atoms with E-state index in [4.69, 9.17) is 4.74 Å². The van der Waals surface area contributed by atoms with Crippen LogP contribution in [-0.4, -0.2) is 59.4 Å². The molecule has 1 amide bonds. The van der Waals surface area contributed by atoms with E-state index in [1.165, 1.54) is 17.0 Å². The van der Waals surface area contributed by atoms with Gasteiger partial charge in [-0.1, -0.05) is 0 Å². The number of anilines is 3. The number of piperazine rings is 1. The minimum Gasteiger partial charge on any atom is -0.442 e. The van der Waals surface area contributed by atoms with Crippen LogP contribution in [0.25, 0.3) is 0 Å². The molecular formula is C21H21FN6O4S. The van der Waals surface area contributed by atoms with E-state index in [-0.39, 0.29) is 11.1 Å². The van der Waals surface area contributed by atoms with Crippen molar-refractivity contribution < 1.29 is 18.8 Å². The minimum atomic E-state index is -0.495. The predicted octanol–water partition coefficient (Wildman–Crippen LogP) is 3.34. The molecule has 2 saturated heterocycles. The first-order valence-corrected chi connectivity index (χ1v) is 11.3. The zero-order chi connectivity index (χ0) is 22.9. The Labute approximate surface area is 192 Å². The zero-order valence-electron chi connectivity index (χ0n) is 17.5. The predicted molar refractivity (Wildman–Crippen MR) is 122 cm³/mol. The van der Waals surface area contributed by atoms with Gasteiger partial charge in [0, 0.05) is 44.6 Å². The van der Waals surface area contributed by atoms with Crippen molar-refractivity contribution in [2.24, 2.45) is 0 Å². The van der Waals surface area contributed by atoms with E-state index in [1.807, 2.05) is 9.47 Å². The summed E-state index contributed by atoms with van der Waals surface area (Å²) in [6.07, 6.45) is 4.28. The highest BCUT2D eigenvalue weighted by atomic mass is 32.1. The van der Waals surface area contributed by atoms with Crippen LogP contribution in [0.2, 0.25) is 0 Å². The lowest BCUT2D eigenvalue weighted by Crippen LogP contribution is -2.46. The van der Waals surface area contributed by atoms with Gasteiger partial charge in [-0.15, -0.1) is 0 Å². The standard InChI is InChI=1S/C21H21FN6O4S/c22-17-11-15(27-13-16(32-21(27)29)12-24-6-5-23-14-24)1-2-18(17)25-7-9-26(10-8-25)19-3-4-20(33-19)28(30)31/h1-6,11,14,16H,7-10,12-13H2/t16-/m0/s1. The van der Waals surface area contributed by atoms with Crippen molar-refractivity contribution >= 4 is 38.8 Å². The molecule has 5 rings (SSSR count). The molecule has 0 radical (unpaired) electrons. The molecule has 0 saturated carbocycles. The summed E-state index contributed by atoms with van der Waals surface area (Å²) in [5, 5.41) is 11.9. The average Bonchev–Trinajstić information content (AvgIpc) is 3.56. The number of thiophene rings is 1. The maximum Gasteiger partial charge on any atom is 0.414 e. The molecule has 2 aliphatic rings. The van der Waals surface area contributed by atoms with E-state index in [0.29, 0.717) is 50.6 Å². The minimum absolute atomic E-state index is 0.113. The second kappa shape index (κ2) is 8.70. The fraction of sp³-hybridized carbons (Fsp3) is 0.333. The van der Waals surface area contributed by atoms with Crippen molar-refractivity contribution in [1.29, 1.82) is 0 Å². The quantitative estimate of drug-likeness (QED) is 0.401. The zero-order valence-corrected chi connectivity index (χ0v) is 18.4. The van der Waals surface area contributed by atoms with Crippen LogP contribution in [0, 0.1) is 15.9 Å². The smallest absolute Gasteiger partial charge is 0.414 e. The third-order valence-electron chi connectivity index (χ3n) is 5.78. The third-order valence-corrected chi connectivity index (χ3v) is 6.88. The van der Waals surface area contributed by atoms with Crippen LogP contribution in [0.5, 0.6) is 0 Å². The first-order valence-electron chi connectivity index (χ1n) is 10.5. The maximum absolute atomic E-state index is 15.0. The highest BCUT2D eigenvalue weighted by Gasteiger charge is 2.33. The number of amides is 1. The monoisotopic (exact) mass is 472 g/mol. The summed E-state index contributed by atoms with van der Waals surface area (Å²) in [5.41, 5.74) is 0.928. The number of halogens is 1. The first kappa shape index (κ1) is 21.2. The Kier molecular flexibility index (Phi) is 5.58. The molecule has 0 N–H and O–H groups in total. The SMILES string of the molecule is O=C1O[C@@H](Cn2ccnc2)CN1c1ccc(N2CCN(c3ccc([N+](=O)[O-])s3)CC2)c(F)c1. The number of carbonyl (C=O) groups is 1. The van der Waals surface area contributed by atoms with Gasteiger partial charge >= 0.3 is 11.1 Å². The second-order valence-corrected chi connectivity index (χ2v) is 8.90. The van der Waals surface area contributed by atoms with E-state index in [0.717, 1.165) is 16.3 Å². The van der Waals surface area contributed by atoms with Crippen LogP contribution in [0.4, 0.5) is 30.6 Å². The summed E-state index contributed by atoms with van der Waals surface area (Å²) in [4.78, 5) is 32.3. The molecule has 10 nitrogen and oxygen atoms in total. The lowest BCUT2D eigenvalue weighted by molar-refractivity contribution is -0.380. The summed E-state index contributed by atoms with van der Waals surface area (Å²) < 4.78 is 22.3. The van der Waals surface area contributed by atoms with Gasteiger partial charge in [0.25, 0.3) is 0 Å². The number of imidazole rings is 1. The van der Waals surface area contributed by atoms with Crippen molar-refractivity contribution in [3.05, 3.63) is 65.0 Å². The number of cyclic esters (lactones) is 1. The number of rotatable bonds is 6. The lowest BCUT2D eigenvalue weighted by atomic mass is 10.2. The van der Waals surface area contributed by atoms with Gasteiger partial charge in [-0.3, -0.25) is 15.0 Å².